The maximum atomic E-state index is 11.2. The van der Waals surface area contributed by atoms with Crippen LogP contribution in [0, 0.1) is 17.3 Å². The van der Waals surface area contributed by atoms with Gasteiger partial charge in [0.1, 0.15) is 5.92 Å². The van der Waals surface area contributed by atoms with Crippen molar-refractivity contribution in [2.24, 2.45) is 17.3 Å². The summed E-state index contributed by atoms with van der Waals surface area (Å²) in [6.07, 6.45) is 0. The van der Waals surface area contributed by atoms with Crippen molar-refractivity contribution in [3.8, 4) is 0 Å². The van der Waals surface area contributed by atoms with Crippen LogP contribution < -0.4 is 0 Å². The second-order valence-corrected chi connectivity index (χ2v) is 7.03. The molecule has 0 aliphatic carbocycles. The molecule has 0 aromatic carbocycles. The first-order chi connectivity index (χ1) is 6.94. The maximum absolute atomic E-state index is 11.2. The van der Waals surface area contributed by atoms with E-state index in [1.54, 1.807) is 0 Å². The number of nitrogens with zero attached hydrogens (tertiary/aromatic N) is 1. The number of carboxylic acid groups (broad SMARTS) is 1. The highest BCUT2D eigenvalue weighted by molar-refractivity contribution is 5.70. The quantitative estimate of drug-likeness (QED) is 0.737. The third-order valence-corrected chi connectivity index (χ3v) is 2.72. The van der Waals surface area contributed by atoms with E-state index in [0.717, 1.165) is 11.0 Å². The predicted molar refractivity (Wildman–Crippen MR) is 67.3 cm³/mol. The van der Waals surface area contributed by atoms with Crippen molar-refractivity contribution in [3.63, 3.8) is 0 Å². The molecule has 16 heavy (non-hydrogen) atoms. The normalized spacial score (nSPS) is 15.2. The van der Waals surface area contributed by atoms with Crippen LogP contribution in [-0.2, 0) is 4.79 Å². The minimum absolute atomic E-state index is 0.190. The van der Waals surface area contributed by atoms with Crippen molar-refractivity contribution in [1.82, 2.24) is 0 Å². The van der Waals surface area contributed by atoms with Gasteiger partial charge in [0, 0.05) is 5.41 Å². The zero-order valence-corrected chi connectivity index (χ0v) is 11.9. The highest BCUT2D eigenvalue weighted by Crippen LogP contribution is 2.22. The molecule has 0 radical (unpaired) electrons. The van der Waals surface area contributed by atoms with E-state index in [1.165, 1.54) is 0 Å². The second kappa shape index (κ2) is 5.17. The lowest BCUT2D eigenvalue weighted by molar-refractivity contribution is -0.899. The number of carbonyl (C=O) groups is 1. The van der Waals surface area contributed by atoms with Gasteiger partial charge in [-0.2, -0.15) is 0 Å². The summed E-state index contributed by atoms with van der Waals surface area (Å²) >= 11 is 0. The monoisotopic (exact) mass is 230 g/mol. The van der Waals surface area contributed by atoms with E-state index in [9.17, 15) is 9.90 Å². The Kier molecular flexibility index (Phi) is 4.99. The van der Waals surface area contributed by atoms with E-state index < -0.39 is 5.97 Å². The summed E-state index contributed by atoms with van der Waals surface area (Å²) in [6, 6.07) is 0. The van der Waals surface area contributed by atoms with Gasteiger partial charge in [0.2, 0.25) is 0 Å². The first kappa shape index (κ1) is 15.4. The topological polar surface area (TPSA) is 37.3 Å². The van der Waals surface area contributed by atoms with E-state index in [-0.39, 0.29) is 17.3 Å². The van der Waals surface area contributed by atoms with Crippen LogP contribution in [0.1, 0.15) is 34.6 Å². The SMILES string of the molecule is CC(C)C(C[N+](C)(C)CC(C)(C)C)C(=O)O. The number of rotatable bonds is 5. The molecule has 0 bridgehead atoms. The van der Waals surface area contributed by atoms with Crippen molar-refractivity contribution in [2.75, 3.05) is 27.2 Å². The molecular formula is C13H28NO2+. The number of carboxylic acids is 1. The van der Waals surface area contributed by atoms with Crippen LogP contribution in [0.5, 0.6) is 0 Å². The van der Waals surface area contributed by atoms with Gasteiger partial charge >= 0.3 is 5.97 Å². The largest absolute Gasteiger partial charge is 0.481 e. The molecule has 0 amide bonds. The van der Waals surface area contributed by atoms with Gasteiger partial charge in [-0.3, -0.25) is 4.79 Å². The van der Waals surface area contributed by atoms with Gasteiger partial charge in [-0.25, -0.2) is 0 Å². The number of quaternary nitrogens is 1. The Morgan fingerprint density at radius 1 is 1.25 bits per heavy atom. The summed E-state index contributed by atoms with van der Waals surface area (Å²) in [6.45, 7) is 12.2. The third kappa shape index (κ3) is 6.11. The zero-order valence-electron chi connectivity index (χ0n) is 11.9. The Labute approximate surface area is 100 Å². The average molecular weight is 230 g/mol. The first-order valence-electron chi connectivity index (χ1n) is 5.99. The summed E-state index contributed by atoms with van der Waals surface area (Å²) in [4.78, 5) is 11.2. The molecular weight excluding hydrogens is 202 g/mol. The molecule has 0 aliphatic heterocycles. The van der Waals surface area contributed by atoms with Gasteiger partial charge in [-0.15, -0.1) is 0 Å². The smallest absolute Gasteiger partial charge is 0.312 e. The van der Waals surface area contributed by atoms with Crippen LogP contribution >= 0.6 is 0 Å². The fraction of sp³-hybridized carbons (Fsp3) is 0.923. The van der Waals surface area contributed by atoms with E-state index in [2.05, 4.69) is 34.9 Å². The van der Waals surface area contributed by atoms with Crippen LogP contribution in [0.3, 0.4) is 0 Å². The lowest BCUT2D eigenvalue weighted by Gasteiger charge is -2.38. The Morgan fingerprint density at radius 3 is 1.94 bits per heavy atom. The molecule has 3 nitrogen and oxygen atoms in total. The van der Waals surface area contributed by atoms with Gasteiger partial charge in [0.05, 0.1) is 27.2 Å². The molecule has 0 fully saturated rings. The van der Waals surface area contributed by atoms with Crippen LogP contribution in [-0.4, -0.2) is 42.7 Å². The van der Waals surface area contributed by atoms with E-state index >= 15 is 0 Å². The lowest BCUT2D eigenvalue weighted by Crippen LogP contribution is -2.50. The summed E-state index contributed by atoms with van der Waals surface area (Å²) < 4.78 is 0.763. The molecule has 0 spiro atoms. The molecule has 0 rings (SSSR count). The maximum Gasteiger partial charge on any atom is 0.312 e. The minimum atomic E-state index is -0.671. The molecule has 0 aliphatic rings. The molecule has 0 aromatic rings. The molecule has 3 heteroatoms. The van der Waals surface area contributed by atoms with Gasteiger partial charge in [-0.1, -0.05) is 34.6 Å². The summed E-state index contributed by atoms with van der Waals surface area (Å²) in [5, 5.41) is 9.20. The summed E-state index contributed by atoms with van der Waals surface area (Å²) in [7, 11) is 4.23. The minimum Gasteiger partial charge on any atom is -0.481 e. The van der Waals surface area contributed by atoms with E-state index in [4.69, 9.17) is 0 Å². The third-order valence-electron chi connectivity index (χ3n) is 2.72. The number of hydrogen-bond acceptors (Lipinski definition) is 1. The Bertz CT molecular complexity index is 239. The Balaban J connectivity index is 4.60. The molecule has 0 aromatic heterocycles. The number of aliphatic carboxylic acids is 1. The van der Waals surface area contributed by atoms with Crippen molar-refractivity contribution in [1.29, 1.82) is 0 Å². The van der Waals surface area contributed by atoms with Crippen molar-refractivity contribution in [3.05, 3.63) is 0 Å². The second-order valence-electron chi connectivity index (χ2n) is 7.03. The van der Waals surface area contributed by atoms with Gasteiger partial charge < -0.3 is 9.59 Å². The zero-order chi connectivity index (χ0) is 13.1. The van der Waals surface area contributed by atoms with Crippen molar-refractivity contribution >= 4 is 5.97 Å². The highest BCUT2D eigenvalue weighted by atomic mass is 16.4. The molecule has 1 N–H and O–H groups in total. The fourth-order valence-electron chi connectivity index (χ4n) is 2.46. The molecule has 0 saturated heterocycles. The van der Waals surface area contributed by atoms with Crippen LogP contribution in [0.15, 0.2) is 0 Å². The first-order valence-corrected chi connectivity index (χ1v) is 5.99. The van der Waals surface area contributed by atoms with Crippen LogP contribution in [0.2, 0.25) is 0 Å². The molecule has 1 atom stereocenters. The summed E-state index contributed by atoms with van der Waals surface area (Å²) in [5.74, 6) is -0.734. The molecule has 0 heterocycles. The molecule has 1 unspecified atom stereocenters. The van der Waals surface area contributed by atoms with Gasteiger partial charge in [-0.05, 0) is 5.92 Å². The standard InChI is InChI=1S/C13H27NO2/c1-10(2)11(12(15)16)8-14(6,7)9-13(3,4)5/h10-11H,8-9H2,1-7H3/p+1. The highest BCUT2D eigenvalue weighted by Gasteiger charge is 2.32. The van der Waals surface area contributed by atoms with Crippen molar-refractivity contribution < 1.29 is 14.4 Å². The van der Waals surface area contributed by atoms with Crippen LogP contribution in [0.25, 0.3) is 0 Å². The molecule has 96 valence electrons. The Morgan fingerprint density at radius 2 is 1.69 bits per heavy atom. The van der Waals surface area contributed by atoms with Gasteiger partial charge in [0.15, 0.2) is 0 Å². The predicted octanol–water partition coefficient (Wildman–Crippen LogP) is 2.47. The summed E-state index contributed by atoms with van der Waals surface area (Å²) in [5.41, 5.74) is 0.226. The number of hydrogen-bond donors (Lipinski definition) is 1. The fourth-order valence-corrected chi connectivity index (χ4v) is 2.46. The van der Waals surface area contributed by atoms with Crippen molar-refractivity contribution in [2.45, 2.75) is 34.6 Å². The Hall–Kier alpha value is -0.570. The average Bonchev–Trinajstić information content (AvgIpc) is 1.94. The van der Waals surface area contributed by atoms with Gasteiger partial charge in [0.25, 0.3) is 0 Å². The van der Waals surface area contributed by atoms with E-state index in [0.29, 0.717) is 6.54 Å². The van der Waals surface area contributed by atoms with Crippen LogP contribution in [0.4, 0.5) is 0 Å². The molecule has 0 saturated carbocycles. The van der Waals surface area contributed by atoms with E-state index in [1.807, 2.05) is 13.8 Å². The lowest BCUT2D eigenvalue weighted by atomic mass is 9.91.